The van der Waals surface area contributed by atoms with Gasteiger partial charge in [-0.15, -0.1) is 0 Å². The minimum atomic E-state index is -2.75. The first-order chi connectivity index (χ1) is 18.0. The van der Waals surface area contributed by atoms with Crippen LogP contribution in [0.1, 0.15) is 36.9 Å². The standard InChI is InChI=1S/C25H23F2N7O3/c1-14-21-15(24(26)27)12-17(19-6-5-11-36-19)29-25(21)34(30-14)13-20(35)28-16-7-8-18(23-22(16)31-37-32-23)33-9-3-2-4-10-33/h5-8,11-12,24H,2-4,9-10,13H2,1H3,(H,28,35). The number of carbonyl (C=O) groups excluding carboxylic acids is 1. The zero-order chi connectivity index (χ0) is 25.5. The second kappa shape index (κ2) is 9.26. The summed E-state index contributed by atoms with van der Waals surface area (Å²) in [6, 6.07) is 8.24. The highest BCUT2D eigenvalue weighted by atomic mass is 19.3. The van der Waals surface area contributed by atoms with Gasteiger partial charge in [0.15, 0.2) is 22.4 Å². The number of aromatic nitrogens is 5. The van der Waals surface area contributed by atoms with Crippen LogP contribution in [-0.2, 0) is 11.3 Å². The number of nitrogens with one attached hydrogen (secondary N) is 1. The zero-order valence-electron chi connectivity index (χ0n) is 19.9. The SMILES string of the molecule is Cc1nn(CC(=O)Nc2ccc(N3CCCCC3)c3nonc23)c2nc(-c3ccco3)cc(C(F)F)c12. The highest BCUT2D eigenvalue weighted by Crippen LogP contribution is 2.34. The van der Waals surface area contributed by atoms with Crippen molar-refractivity contribution in [3.63, 3.8) is 0 Å². The number of benzene rings is 1. The summed E-state index contributed by atoms with van der Waals surface area (Å²) in [6.45, 7) is 3.21. The molecule has 10 nitrogen and oxygen atoms in total. The lowest BCUT2D eigenvalue weighted by atomic mass is 10.1. The fourth-order valence-electron chi connectivity index (χ4n) is 4.89. The molecule has 0 unspecified atom stereocenters. The van der Waals surface area contributed by atoms with E-state index in [0.29, 0.717) is 28.2 Å². The molecule has 1 fully saturated rings. The van der Waals surface area contributed by atoms with Crippen molar-refractivity contribution in [1.29, 1.82) is 0 Å². The van der Waals surface area contributed by atoms with E-state index < -0.39 is 12.3 Å². The number of aryl methyl sites for hydroxylation is 1. The average molecular weight is 508 g/mol. The molecule has 5 aromatic rings. The number of fused-ring (bicyclic) bond motifs is 2. The molecular weight excluding hydrogens is 484 g/mol. The van der Waals surface area contributed by atoms with Gasteiger partial charge in [-0.3, -0.25) is 4.79 Å². The Kier molecular flexibility index (Phi) is 5.78. The summed E-state index contributed by atoms with van der Waals surface area (Å²) < 4.78 is 39.6. The van der Waals surface area contributed by atoms with E-state index in [-0.39, 0.29) is 28.8 Å². The lowest BCUT2D eigenvalue weighted by Gasteiger charge is -2.28. The van der Waals surface area contributed by atoms with Crippen molar-refractivity contribution in [1.82, 2.24) is 25.1 Å². The number of pyridine rings is 1. The monoisotopic (exact) mass is 507 g/mol. The Hall–Kier alpha value is -4.35. The summed E-state index contributed by atoms with van der Waals surface area (Å²) in [5.41, 5.74) is 2.91. The Morgan fingerprint density at radius 1 is 1.14 bits per heavy atom. The molecule has 190 valence electrons. The van der Waals surface area contributed by atoms with E-state index in [2.05, 4.69) is 30.6 Å². The van der Waals surface area contributed by atoms with Gasteiger partial charge in [-0.25, -0.2) is 23.1 Å². The lowest BCUT2D eigenvalue weighted by Crippen LogP contribution is -2.29. The third kappa shape index (κ3) is 4.17. The molecule has 6 rings (SSSR count). The molecular formula is C25H23F2N7O3. The summed E-state index contributed by atoms with van der Waals surface area (Å²) in [7, 11) is 0. The highest BCUT2D eigenvalue weighted by molar-refractivity contribution is 6.03. The number of piperidine rings is 1. The van der Waals surface area contributed by atoms with Gasteiger partial charge in [0.25, 0.3) is 6.43 Å². The lowest BCUT2D eigenvalue weighted by molar-refractivity contribution is -0.116. The van der Waals surface area contributed by atoms with Crippen LogP contribution in [-0.4, -0.2) is 44.1 Å². The van der Waals surface area contributed by atoms with Gasteiger partial charge in [0.1, 0.15) is 12.2 Å². The molecule has 1 saturated heterocycles. The van der Waals surface area contributed by atoms with Crippen molar-refractivity contribution >= 4 is 39.3 Å². The summed E-state index contributed by atoms with van der Waals surface area (Å²) in [5, 5.41) is 15.5. The number of rotatable bonds is 6. The molecule has 0 spiro atoms. The van der Waals surface area contributed by atoms with E-state index in [9.17, 15) is 13.6 Å². The maximum absolute atomic E-state index is 13.9. The number of nitrogens with zero attached hydrogens (tertiary/aromatic N) is 6. The Bertz CT molecular complexity index is 1590. The van der Waals surface area contributed by atoms with Gasteiger partial charge < -0.3 is 14.6 Å². The van der Waals surface area contributed by atoms with Crippen molar-refractivity contribution in [2.24, 2.45) is 0 Å². The van der Waals surface area contributed by atoms with Gasteiger partial charge in [0.05, 0.1) is 28.7 Å². The molecule has 37 heavy (non-hydrogen) atoms. The van der Waals surface area contributed by atoms with Gasteiger partial charge in [-0.2, -0.15) is 5.10 Å². The van der Waals surface area contributed by atoms with Crippen LogP contribution in [0.15, 0.2) is 45.6 Å². The Morgan fingerprint density at radius 3 is 2.70 bits per heavy atom. The highest BCUT2D eigenvalue weighted by Gasteiger charge is 2.24. The molecule has 1 aliphatic rings. The third-order valence-corrected chi connectivity index (χ3v) is 6.57. The second-order valence-electron chi connectivity index (χ2n) is 9.01. The molecule has 1 N–H and O–H groups in total. The fraction of sp³-hybridized carbons (Fsp3) is 0.320. The Balaban J connectivity index is 1.31. The molecule has 5 heterocycles. The van der Waals surface area contributed by atoms with Crippen molar-refractivity contribution in [2.75, 3.05) is 23.3 Å². The number of hydrogen-bond acceptors (Lipinski definition) is 8. The van der Waals surface area contributed by atoms with Crippen LogP contribution >= 0.6 is 0 Å². The second-order valence-corrected chi connectivity index (χ2v) is 9.01. The largest absolute Gasteiger partial charge is 0.463 e. The number of anilines is 2. The van der Waals surface area contributed by atoms with E-state index in [4.69, 9.17) is 9.05 Å². The van der Waals surface area contributed by atoms with Crippen molar-refractivity contribution in [3.8, 4) is 11.5 Å². The quantitative estimate of drug-likeness (QED) is 0.337. The summed E-state index contributed by atoms with van der Waals surface area (Å²) in [5.74, 6) is -0.0865. The predicted molar refractivity (Wildman–Crippen MR) is 131 cm³/mol. The van der Waals surface area contributed by atoms with E-state index in [1.807, 2.05) is 6.07 Å². The summed E-state index contributed by atoms with van der Waals surface area (Å²) >= 11 is 0. The van der Waals surface area contributed by atoms with Crippen molar-refractivity contribution in [2.45, 2.75) is 39.2 Å². The van der Waals surface area contributed by atoms with Crippen LogP contribution in [0.4, 0.5) is 20.2 Å². The van der Waals surface area contributed by atoms with Gasteiger partial charge in [0, 0.05) is 18.7 Å². The normalized spacial score (nSPS) is 14.2. The number of furan rings is 1. The third-order valence-electron chi connectivity index (χ3n) is 6.57. The first kappa shape index (κ1) is 23.1. The van der Waals surface area contributed by atoms with E-state index in [1.165, 1.54) is 23.4 Å². The maximum atomic E-state index is 13.9. The molecule has 4 aromatic heterocycles. The molecule has 12 heteroatoms. The number of hydrogen-bond donors (Lipinski definition) is 1. The van der Waals surface area contributed by atoms with Gasteiger partial charge >= 0.3 is 0 Å². The molecule has 0 saturated carbocycles. The van der Waals surface area contributed by atoms with Crippen LogP contribution in [0, 0.1) is 6.92 Å². The fourth-order valence-corrected chi connectivity index (χ4v) is 4.89. The molecule has 1 amide bonds. The van der Waals surface area contributed by atoms with Crippen molar-refractivity contribution in [3.05, 3.63) is 47.9 Å². The van der Waals surface area contributed by atoms with Crippen LogP contribution < -0.4 is 10.2 Å². The minimum Gasteiger partial charge on any atom is -0.463 e. The number of amides is 1. The number of alkyl halides is 2. The van der Waals surface area contributed by atoms with Crippen LogP contribution in [0.2, 0.25) is 0 Å². The van der Waals surface area contributed by atoms with E-state index in [0.717, 1.165) is 31.6 Å². The van der Waals surface area contributed by atoms with E-state index >= 15 is 0 Å². The zero-order valence-corrected chi connectivity index (χ0v) is 19.9. The molecule has 1 aromatic carbocycles. The van der Waals surface area contributed by atoms with Gasteiger partial charge in [-0.05, 0) is 66.8 Å². The molecule has 0 radical (unpaired) electrons. The molecule has 0 atom stereocenters. The Labute approximate surface area is 209 Å². The van der Waals surface area contributed by atoms with Crippen LogP contribution in [0.3, 0.4) is 0 Å². The van der Waals surface area contributed by atoms with Gasteiger partial charge in [0.2, 0.25) is 5.91 Å². The van der Waals surface area contributed by atoms with Crippen LogP contribution in [0.5, 0.6) is 0 Å². The molecule has 0 bridgehead atoms. The first-order valence-electron chi connectivity index (χ1n) is 12.0. The summed E-state index contributed by atoms with van der Waals surface area (Å²) in [4.78, 5) is 19.8. The Morgan fingerprint density at radius 2 is 1.95 bits per heavy atom. The number of carbonyl (C=O) groups is 1. The van der Waals surface area contributed by atoms with Gasteiger partial charge in [-0.1, -0.05) is 0 Å². The minimum absolute atomic E-state index is 0.172. The summed E-state index contributed by atoms with van der Waals surface area (Å²) in [6.07, 6.45) is 2.09. The molecule has 0 aliphatic carbocycles. The number of halogens is 2. The topological polar surface area (TPSA) is 115 Å². The first-order valence-corrected chi connectivity index (χ1v) is 12.0. The van der Waals surface area contributed by atoms with Crippen molar-refractivity contribution < 1.29 is 22.6 Å². The smallest absolute Gasteiger partial charge is 0.264 e. The predicted octanol–water partition coefficient (Wildman–Crippen LogP) is 5.10. The van der Waals surface area contributed by atoms with E-state index in [1.54, 1.807) is 25.1 Å². The van der Waals surface area contributed by atoms with Crippen LogP contribution in [0.25, 0.3) is 33.5 Å². The molecule has 1 aliphatic heterocycles. The maximum Gasteiger partial charge on any atom is 0.264 e. The average Bonchev–Trinajstić information content (AvgIpc) is 3.66.